The molecular formula is C20H19N3O3. The van der Waals surface area contributed by atoms with Gasteiger partial charge in [-0.05, 0) is 30.7 Å². The molecule has 0 atom stereocenters. The lowest BCUT2D eigenvalue weighted by Gasteiger charge is -2.08. The predicted octanol–water partition coefficient (Wildman–Crippen LogP) is 2.67. The van der Waals surface area contributed by atoms with Gasteiger partial charge in [0.15, 0.2) is 5.78 Å². The standard InChI is InChI=1S/C20H19N3O3/c1-13(24)14-5-4-6-16(9-14)23-20(26)12-22-19(25)10-15-11-21-18-8-3-2-7-17(15)18/h2-9,11,21H,10,12H2,1H3,(H,22,25)(H,23,26). The van der Waals surface area contributed by atoms with Gasteiger partial charge in [0.05, 0.1) is 13.0 Å². The normalized spacial score (nSPS) is 10.5. The van der Waals surface area contributed by atoms with Crippen LogP contribution in [0.3, 0.4) is 0 Å². The van der Waals surface area contributed by atoms with Crippen molar-refractivity contribution in [2.75, 3.05) is 11.9 Å². The number of anilines is 1. The van der Waals surface area contributed by atoms with Crippen LogP contribution in [0.1, 0.15) is 22.8 Å². The summed E-state index contributed by atoms with van der Waals surface area (Å²) in [5.41, 5.74) is 2.89. The predicted molar refractivity (Wildman–Crippen MR) is 100 cm³/mol. The van der Waals surface area contributed by atoms with Crippen molar-refractivity contribution < 1.29 is 14.4 Å². The zero-order valence-corrected chi connectivity index (χ0v) is 14.3. The molecule has 0 aliphatic carbocycles. The van der Waals surface area contributed by atoms with Gasteiger partial charge in [0.2, 0.25) is 11.8 Å². The lowest BCUT2D eigenvalue weighted by Crippen LogP contribution is -2.33. The highest BCUT2D eigenvalue weighted by atomic mass is 16.2. The highest BCUT2D eigenvalue weighted by Gasteiger charge is 2.10. The summed E-state index contributed by atoms with van der Waals surface area (Å²) in [6.45, 7) is 1.33. The van der Waals surface area contributed by atoms with Gasteiger partial charge in [-0.25, -0.2) is 0 Å². The molecule has 0 spiro atoms. The Hall–Kier alpha value is -3.41. The number of hydrogen-bond donors (Lipinski definition) is 3. The second-order valence-corrected chi connectivity index (χ2v) is 6.00. The van der Waals surface area contributed by atoms with Crippen LogP contribution in [0.15, 0.2) is 54.7 Å². The fourth-order valence-electron chi connectivity index (χ4n) is 2.71. The van der Waals surface area contributed by atoms with E-state index < -0.39 is 0 Å². The Morgan fingerprint density at radius 2 is 1.81 bits per heavy atom. The second kappa shape index (κ2) is 7.65. The van der Waals surface area contributed by atoms with Crippen LogP contribution >= 0.6 is 0 Å². The highest BCUT2D eigenvalue weighted by molar-refractivity contribution is 5.98. The second-order valence-electron chi connectivity index (χ2n) is 6.00. The van der Waals surface area contributed by atoms with Crippen molar-refractivity contribution >= 4 is 34.2 Å². The molecule has 0 radical (unpaired) electrons. The first-order valence-electron chi connectivity index (χ1n) is 8.25. The lowest BCUT2D eigenvalue weighted by molar-refractivity contribution is -0.123. The maximum absolute atomic E-state index is 12.1. The summed E-state index contributed by atoms with van der Waals surface area (Å²) in [5.74, 6) is -0.659. The van der Waals surface area contributed by atoms with Crippen molar-refractivity contribution in [2.45, 2.75) is 13.3 Å². The Balaban J connectivity index is 1.53. The number of ketones is 1. The molecule has 3 aromatic rings. The van der Waals surface area contributed by atoms with E-state index in [-0.39, 0.29) is 30.6 Å². The van der Waals surface area contributed by atoms with Crippen molar-refractivity contribution in [1.82, 2.24) is 10.3 Å². The zero-order chi connectivity index (χ0) is 18.5. The van der Waals surface area contributed by atoms with Gasteiger partial charge >= 0.3 is 0 Å². The van der Waals surface area contributed by atoms with Crippen molar-refractivity contribution in [3.63, 3.8) is 0 Å². The largest absolute Gasteiger partial charge is 0.361 e. The van der Waals surface area contributed by atoms with E-state index in [0.717, 1.165) is 16.5 Å². The summed E-state index contributed by atoms with van der Waals surface area (Å²) >= 11 is 0. The molecule has 2 aromatic carbocycles. The lowest BCUT2D eigenvalue weighted by atomic mass is 10.1. The SMILES string of the molecule is CC(=O)c1cccc(NC(=O)CNC(=O)Cc2c[nH]c3ccccc23)c1. The van der Waals surface area contributed by atoms with Gasteiger partial charge in [0.25, 0.3) is 0 Å². The van der Waals surface area contributed by atoms with E-state index >= 15 is 0 Å². The van der Waals surface area contributed by atoms with Crippen LogP contribution in [0.2, 0.25) is 0 Å². The van der Waals surface area contributed by atoms with Crippen LogP contribution in [-0.2, 0) is 16.0 Å². The molecule has 0 saturated carbocycles. The molecule has 0 aliphatic rings. The maximum atomic E-state index is 12.1. The molecule has 26 heavy (non-hydrogen) atoms. The number of amides is 2. The molecule has 0 bridgehead atoms. The molecule has 0 saturated heterocycles. The maximum Gasteiger partial charge on any atom is 0.243 e. The molecule has 6 heteroatoms. The minimum Gasteiger partial charge on any atom is -0.361 e. The number of aromatic nitrogens is 1. The fourth-order valence-corrected chi connectivity index (χ4v) is 2.71. The number of benzene rings is 2. The minimum atomic E-state index is -0.349. The third-order valence-corrected chi connectivity index (χ3v) is 4.02. The van der Waals surface area contributed by atoms with E-state index in [9.17, 15) is 14.4 Å². The first kappa shape index (κ1) is 17.4. The van der Waals surface area contributed by atoms with Gasteiger partial charge in [0, 0.05) is 28.4 Å². The fraction of sp³-hybridized carbons (Fsp3) is 0.150. The van der Waals surface area contributed by atoms with Crippen LogP contribution in [0.5, 0.6) is 0 Å². The molecule has 1 aromatic heterocycles. The molecule has 3 rings (SSSR count). The quantitative estimate of drug-likeness (QED) is 0.598. The number of fused-ring (bicyclic) bond motifs is 1. The van der Waals surface area contributed by atoms with Gasteiger partial charge in [-0.1, -0.05) is 30.3 Å². The summed E-state index contributed by atoms with van der Waals surface area (Å²) in [7, 11) is 0. The van der Waals surface area contributed by atoms with E-state index in [1.165, 1.54) is 6.92 Å². The Labute approximate surface area is 150 Å². The minimum absolute atomic E-state index is 0.0758. The molecule has 132 valence electrons. The average Bonchev–Trinajstić information content (AvgIpc) is 3.03. The van der Waals surface area contributed by atoms with Crippen LogP contribution < -0.4 is 10.6 Å². The number of hydrogen-bond acceptors (Lipinski definition) is 3. The molecule has 6 nitrogen and oxygen atoms in total. The Morgan fingerprint density at radius 1 is 1.00 bits per heavy atom. The summed E-state index contributed by atoms with van der Waals surface area (Å²) in [4.78, 5) is 38.6. The zero-order valence-electron chi connectivity index (χ0n) is 14.3. The first-order valence-corrected chi connectivity index (χ1v) is 8.25. The van der Waals surface area contributed by atoms with E-state index in [0.29, 0.717) is 11.3 Å². The number of para-hydroxylation sites is 1. The Kier molecular flexibility index (Phi) is 5.12. The molecule has 1 heterocycles. The molecule has 0 aliphatic heterocycles. The molecule has 0 unspecified atom stereocenters. The first-order chi connectivity index (χ1) is 12.5. The van der Waals surface area contributed by atoms with Gasteiger partial charge in [-0.2, -0.15) is 0 Å². The Morgan fingerprint density at radius 3 is 2.62 bits per heavy atom. The van der Waals surface area contributed by atoms with E-state index in [1.807, 2.05) is 24.3 Å². The third kappa shape index (κ3) is 4.16. The number of carbonyl (C=O) groups excluding carboxylic acids is 3. The van der Waals surface area contributed by atoms with Crippen molar-refractivity contribution in [3.05, 3.63) is 65.9 Å². The number of H-pyrrole nitrogens is 1. The molecule has 2 amide bonds. The highest BCUT2D eigenvalue weighted by Crippen LogP contribution is 2.18. The van der Waals surface area contributed by atoms with Crippen LogP contribution in [-0.4, -0.2) is 29.1 Å². The van der Waals surface area contributed by atoms with Gasteiger partial charge in [0.1, 0.15) is 0 Å². The summed E-state index contributed by atoms with van der Waals surface area (Å²) < 4.78 is 0. The summed E-state index contributed by atoms with van der Waals surface area (Å²) in [5, 5.41) is 6.27. The van der Waals surface area contributed by atoms with Crippen molar-refractivity contribution in [2.24, 2.45) is 0 Å². The number of rotatable bonds is 6. The summed E-state index contributed by atoms with van der Waals surface area (Å²) in [6, 6.07) is 14.4. The summed E-state index contributed by atoms with van der Waals surface area (Å²) in [6.07, 6.45) is 1.99. The smallest absolute Gasteiger partial charge is 0.243 e. The monoisotopic (exact) mass is 349 g/mol. The van der Waals surface area contributed by atoms with Gasteiger partial charge in [-0.3, -0.25) is 14.4 Å². The van der Waals surface area contributed by atoms with E-state index in [4.69, 9.17) is 0 Å². The van der Waals surface area contributed by atoms with Crippen molar-refractivity contribution in [3.8, 4) is 0 Å². The van der Waals surface area contributed by atoms with Crippen LogP contribution in [0, 0.1) is 0 Å². The van der Waals surface area contributed by atoms with Gasteiger partial charge < -0.3 is 15.6 Å². The topological polar surface area (TPSA) is 91.1 Å². The Bertz CT molecular complexity index is 975. The van der Waals surface area contributed by atoms with Crippen molar-refractivity contribution in [1.29, 1.82) is 0 Å². The molecule has 0 fully saturated rings. The van der Waals surface area contributed by atoms with Crippen LogP contribution in [0.25, 0.3) is 10.9 Å². The molecule has 3 N–H and O–H groups in total. The van der Waals surface area contributed by atoms with Crippen LogP contribution in [0.4, 0.5) is 5.69 Å². The van der Waals surface area contributed by atoms with E-state index in [1.54, 1.807) is 30.5 Å². The number of carbonyl (C=O) groups is 3. The number of aromatic amines is 1. The average molecular weight is 349 g/mol. The number of Topliss-reactive ketones (excluding diaryl/α,β-unsaturated/α-hetero) is 1. The third-order valence-electron chi connectivity index (χ3n) is 4.02. The van der Waals surface area contributed by atoms with E-state index in [2.05, 4.69) is 15.6 Å². The molecular weight excluding hydrogens is 330 g/mol. The van der Waals surface area contributed by atoms with Gasteiger partial charge in [-0.15, -0.1) is 0 Å². The number of nitrogens with one attached hydrogen (secondary N) is 3.